The fourth-order valence-electron chi connectivity index (χ4n) is 4.47. The number of carbonyl (C=O) groups excluding carboxylic acids is 1. The lowest BCUT2D eigenvalue weighted by atomic mass is 9.85. The first kappa shape index (κ1) is 27.2. The van der Waals surface area contributed by atoms with Crippen molar-refractivity contribution < 1.29 is 34.8 Å². The van der Waals surface area contributed by atoms with E-state index in [1.165, 1.54) is 26.0 Å². The second-order valence-electron chi connectivity index (χ2n) is 9.34. The molecule has 1 amide bonds. The largest absolute Gasteiger partial charge is 0.416 e. The molecule has 1 heterocycles. The topological polar surface area (TPSA) is 88.6 Å². The lowest BCUT2D eigenvalue weighted by Crippen LogP contribution is -2.48. The molecule has 11 heteroatoms. The monoisotopic (exact) mass is 531 g/mol. The van der Waals surface area contributed by atoms with Crippen LogP contribution in [0.5, 0.6) is 0 Å². The number of hydrogen-bond acceptors (Lipinski definition) is 5. The first-order valence-corrected chi connectivity index (χ1v) is 14.4. The number of sulfone groups is 2. The summed E-state index contributed by atoms with van der Waals surface area (Å²) >= 11 is 0. The molecular weight excluding hydrogens is 503 g/mol. The Hall–Kier alpha value is -2.40. The fraction of sp³-hybridized carbons (Fsp3) is 0.458. The van der Waals surface area contributed by atoms with E-state index in [4.69, 9.17) is 0 Å². The SMILES string of the molecule is CC(C)(C1CCN(C(=O)Cc2ccccc2S(C)(=O)=O)CC1)S(=O)(=O)c1cccc(C(F)(F)F)c1. The summed E-state index contributed by atoms with van der Waals surface area (Å²) in [5, 5.41) is 0. The number of hydrogen-bond donors (Lipinski definition) is 0. The molecule has 0 N–H and O–H groups in total. The molecule has 1 saturated heterocycles. The Labute approximate surface area is 204 Å². The van der Waals surface area contributed by atoms with Crippen LogP contribution in [0.15, 0.2) is 58.3 Å². The molecule has 0 unspecified atom stereocenters. The van der Waals surface area contributed by atoms with Crippen LogP contribution in [0.3, 0.4) is 0 Å². The number of amides is 1. The number of rotatable bonds is 6. The Balaban J connectivity index is 1.73. The first-order chi connectivity index (χ1) is 16.0. The quantitative estimate of drug-likeness (QED) is 0.559. The smallest absolute Gasteiger partial charge is 0.342 e. The summed E-state index contributed by atoms with van der Waals surface area (Å²) in [7, 11) is -7.60. The third-order valence-electron chi connectivity index (χ3n) is 6.71. The van der Waals surface area contributed by atoms with E-state index < -0.39 is 36.2 Å². The van der Waals surface area contributed by atoms with Crippen LogP contribution in [-0.2, 0) is 37.1 Å². The number of benzene rings is 2. The molecule has 0 aliphatic carbocycles. The van der Waals surface area contributed by atoms with Crippen LogP contribution >= 0.6 is 0 Å². The molecule has 6 nitrogen and oxygen atoms in total. The van der Waals surface area contributed by atoms with E-state index in [1.807, 2.05) is 0 Å². The Morgan fingerprint density at radius 3 is 2.14 bits per heavy atom. The molecule has 35 heavy (non-hydrogen) atoms. The number of piperidine rings is 1. The van der Waals surface area contributed by atoms with E-state index in [0.29, 0.717) is 24.5 Å². The van der Waals surface area contributed by atoms with Crippen LogP contribution in [0.4, 0.5) is 13.2 Å². The molecule has 0 aromatic heterocycles. The minimum atomic E-state index is -4.66. The van der Waals surface area contributed by atoms with Gasteiger partial charge in [-0.1, -0.05) is 24.3 Å². The number of halogens is 3. The van der Waals surface area contributed by atoms with Crippen molar-refractivity contribution in [2.24, 2.45) is 5.92 Å². The van der Waals surface area contributed by atoms with Gasteiger partial charge in [-0.15, -0.1) is 0 Å². The Morgan fingerprint density at radius 2 is 1.57 bits per heavy atom. The molecule has 0 atom stereocenters. The van der Waals surface area contributed by atoms with Crippen molar-refractivity contribution in [1.29, 1.82) is 0 Å². The van der Waals surface area contributed by atoms with Gasteiger partial charge in [0, 0.05) is 19.3 Å². The van der Waals surface area contributed by atoms with E-state index in [0.717, 1.165) is 18.4 Å². The molecule has 2 aromatic carbocycles. The molecule has 0 radical (unpaired) electrons. The third kappa shape index (κ3) is 5.72. The highest BCUT2D eigenvalue weighted by Crippen LogP contribution is 2.39. The molecule has 2 aromatic rings. The highest BCUT2D eigenvalue weighted by molar-refractivity contribution is 7.92. The minimum Gasteiger partial charge on any atom is -0.342 e. The zero-order valence-electron chi connectivity index (χ0n) is 19.7. The van der Waals surface area contributed by atoms with Crippen molar-refractivity contribution in [3.05, 3.63) is 59.7 Å². The van der Waals surface area contributed by atoms with E-state index >= 15 is 0 Å². The van der Waals surface area contributed by atoms with Gasteiger partial charge < -0.3 is 4.90 Å². The Morgan fingerprint density at radius 1 is 0.971 bits per heavy atom. The second-order valence-corrected chi connectivity index (χ2v) is 13.9. The fourth-order valence-corrected chi connectivity index (χ4v) is 7.24. The van der Waals surface area contributed by atoms with E-state index in [1.54, 1.807) is 23.1 Å². The van der Waals surface area contributed by atoms with E-state index in [9.17, 15) is 34.8 Å². The molecule has 1 aliphatic rings. The van der Waals surface area contributed by atoms with Crippen molar-refractivity contribution in [1.82, 2.24) is 4.90 Å². The lowest BCUT2D eigenvalue weighted by molar-refractivity contribution is -0.137. The van der Waals surface area contributed by atoms with Gasteiger partial charge in [-0.3, -0.25) is 4.79 Å². The van der Waals surface area contributed by atoms with Crippen LogP contribution < -0.4 is 0 Å². The van der Waals surface area contributed by atoms with Gasteiger partial charge in [-0.05, 0) is 62.4 Å². The Bertz CT molecular complexity index is 1310. The lowest BCUT2D eigenvalue weighted by Gasteiger charge is -2.40. The predicted molar refractivity (Wildman–Crippen MR) is 125 cm³/mol. The van der Waals surface area contributed by atoms with Gasteiger partial charge in [-0.2, -0.15) is 13.2 Å². The van der Waals surface area contributed by atoms with Gasteiger partial charge in [0.25, 0.3) is 0 Å². The predicted octanol–water partition coefficient (Wildman–Crippen LogP) is 4.14. The zero-order chi connectivity index (χ0) is 26.2. The number of likely N-dealkylation sites (tertiary alicyclic amines) is 1. The van der Waals surface area contributed by atoms with Crippen LogP contribution in [-0.4, -0.2) is 51.7 Å². The summed E-state index contributed by atoms with van der Waals surface area (Å²) in [6.45, 7) is 3.55. The van der Waals surface area contributed by atoms with Crippen molar-refractivity contribution >= 4 is 25.6 Å². The first-order valence-electron chi connectivity index (χ1n) is 11.0. The van der Waals surface area contributed by atoms with Gasteiger partial charge in [0.15, 0.2) is 19.7 Å². The second kappa shape index (κ2) is 9.57. The van der Waals surface area contributed by atoms with Crippen LogP contribution in [0.25, 0.3) is 0 Å². The zero-order valence-corrected chi connectivity index (χ0v) is 21.3. The maximum absolute atomic E-state index is 13.3. The average molecular weight is 532 g/mol. The van der Waals surface area contributed by atoms with E-state index in [2.05, 4.69) is 0 Å². The van der Waals surface area contributed by atoms with Gasteiger partial charge in [-0.25, -0.2) is 16.8 Å². The van der Waals surface area contributed by atoms with Gasteiger partial charge in [0.1, 0.15) is 0 Å². The maximum Gasteiger partial charge on any atom is 0.416 e. The van der Waals surface area contributed by atoms with E-state index in [-0.39, 0.29) is 41.1 Å². The Kier molecular flexibility index (Phi) is 7.44. The maximum atomic E-state index is 13.3. The molecule has 0 saturated carbocycles. The van der Waals surface area contributed by atoms with Crippen LogP contribution in [0.2, 0.25) is 0 Å². The van der Waals surface area contributed by atoms with Crippen molar-refractivity contribution in [3.63, 3.8) is 0 Å². The third-order valence-corrected chi connectivity index (χ3v) is 10.5. The molecule has 0 spiro atoms. The highest BCUT2D eigenvalue weighted by Gasteiger charge is 2.45. The number of carbonyl (C=O) groups is 1. The van der Waals surface area contributed by atoms with Gasteiger partial charge in [0.05, 0.1) is 26.5 Å². The molecular formula is C24H28F3NO5S2. The molecule has 192 valence electrons. The normalized spacial score (nSPS) is 16.3. The van der Waals surface area contributed by atoms with Crippen molar-refractivity contribution in [3.8, 4) is 0 Å². The standard InChI is InChI=1S/C24H28F3NO5S2/c1-23(2,35(32,33)20-9-6-8-19(16-20)24(25,26)27)18-11-13-28(14-12-18)22(29)15-17-7-4-5-10-21(17)34(3,30)31/h4-10,16,18H,11-15H2,1-3H3. The van der Waals surface area contributed by atoms with Crippen LogP contribution in [0.1, 0.15) is 37.8 Å². The molecule has 3 rings (SSSR count). The van der Waals surface area contributed by atoms with Crippen molar-refractivity contribution in [2.45, 2.75) is 53.8 Å². The number of nitrogens with zero attached hydrogens (tertiary/aromatic N) is 1. The van der Waals surface area contributed by atoms with Crippen molar-refractivity contribution in [2.75, 3.05) is 19.3 Å². The van der Waals surface area contributed by atoms with Gasteiger partial charge in [0.2, 0.25) is 5.91 Å². The summed E-state index contributed by atoms with van der Waals surface area (Å²) in [6.07, 6.45) is -2.97. The summed E-state index contributed by atoms with van der Waals surface area (Å²) < 4.78 is 88.6. The summed E-state index contributed by atoms with van der Waals surface area (Å²) in [5.41, 5.74) is -0.626. The van der Waals surface area contributed by atoms with Crippen LogP contribution in [0, 0.1) is 5.92 Å². The molecule has 0 bridgehead atoms. The average Bonchev–Trinajstić information content (AvgIpc) is 2.78. The highest BCUT2D eigenvalue weighted by atomic mass is 32.2. The number of alkyl halides is 3. The molecule has 1 fully saturated rings. The summed E-state index contributed by atoms with van der Waals surface area (Å²) in [5.74, 6) is -0.646. The minimum absolute atomic E-state index is 0.0940. The van der Waals surface area contributed by atoms with Gasteiger partial charge >= 0.3 is 6.18 Å². The molecule has 1 aliphatic heterocycles. The summed E-state index contributed by atoms with van der Waals surface area (Å²) in [6, 6.07) is 10.0. The summed E-state index contributed by atoms with van der Waals surface area (Å²) in [4.78, 5) is 14.1.